The minimum absolute atomic E-state index is 0.0667. The lowest BCUT2D eigenvalue weighted by Gasteiger charge is -2.09. The fourth-order valence-corrected chi connectivity index (χ4v) is 4.42. The number of rotatable bonds is 11. The molecule has 4 aromatic carbocycles. The van der Waals surface area contributed by atoms with E-state index in [-0.39, 0.29) is 11.8 Å². The molecule has 2 N–H and O–H groups in total. The summed E-state index contributed by atoms with van der Waals surface area (Å²) >= 11 is 0. The van der Waals surface area contributed by atoms with E-state index >= 15 is 0 Å². The minimum atomic E-state index is 0.0667. The molecule has 0 spiro atoms. The lowest BCUT2D eigenvalue weighted by atomic mass is 10.0. The summed E-state index contributed by atoms with van der Waals surface area (Å²) in [5.41, 5.74) is 2.13. The van der Waals surface area contributed by atoms with Crippen molar-refractivity contribution in [2.24, 2.45) is 0 Å². The first-order valence-corrected chi connectivity index (χ1v) is 12.2. The molecule has 174 valence electrons. The molecule has 2 amide bonds. The van der Waals surface area contributed by atoms with Gasteiger partial charge in [-0.25, -0.2) is 0 Å². The summed E-state index contributed by atoms with van der Waals surface area (Å²) in [7, 11) is 0. The molecule has 0 aromatic heterocycles. The molecule has 34 heavy (non-hydrogen) atoms. The van der Waals surface area contributed by atoms with Crippen molar-refractivity contribution < 1.29 is 9.59 Å². The summed E-state index contributed by atoms with van der Waals surface area (Å²) < 4.78 is 0. The van der Waals surface area contributed by atoms with Crippen LogP contribution in [0.4, 0.5) is 0 Å². The Morgan fingerprint density at radius 1 is 0.500 bits per heavy atom. The summed E-state index contributed by atoms with van der Waals surface area (Å²) in [5.74, 6) is 0.133. The van der Waals surface area contributed by atoms with Crippen LogP contribution in [0.15, 0.2) is 84.9 Å². The van der Waals surface area contributed by atoms with Crippen molar-refractivity contribution in [3.8, 4) is 0 Å². The predicted octanol–water partition coefficient (Wildman–Crippen LogP) is 5.57. The van der Waals surface area contributed by atoms with Crippen LogP contribution in [0.5, 0.6) is 0 Å². The van der Waals surface area contributed by atoms with Crippen LogP contribution in [0, 0.1) is 0 Å². The second kappa shape index (κ2) is 12.0. The van der Waals surface area contributed by atoms with Crippen LogP contribution in [0.1, 0.15) is 36.8 Å². The van der Waals surface area contributed by atoms with E-state index in [9.17, 15) is 9.59 Å². The Hall–Kier alpha value is -3.66. The van der Waals surface area contributed by atoms with Crippen LogP contribution in [0.3, 0.4) is 0 Å². The molecule has 0 aliphatic heterocycles. The summed E-state index contributed by atoms with van der Waals surface area (Å²) in [6.45, 7) is 1.38. The smallest absolute Gasteiger partial charge is 0.224 e. The highest BCUT2D eigenvalue weighted by atomic mass is 16.2. The molecule has 0 unspecified atom stereocenters. The number of amides is 2. The van der Waals surface area contributed by atoms with Crippen LogP contribution in [-0.2, 0) is 22.4 Å². The zero-order chi connectivity index (χ0) is 23.6. The number of hydrogen-bond acceptors (Lipinski definition) is 2. The summed E-state index contributed by atoms with van der Waals surface area (Å²) in [5, 5.41) is 10.7. The SMILES string of the molecule is O=C(Cc1cccc2ccccc12)NCCCCCCNC(=O)Cc1cccc2ccccc12. The highest BCUT2D eigenvalue weighted by Gasteiger charge is 2.07. The summed E-state index contributed by atoms with van der Waals surface area (Å²) in [6, 6.07) is 28.5. The molecule has 0 aliphatic rings. The first-order chi connectivity index (χ1) is 16.7. The molecule has 4 rings (SSSR count). The molecule has 0 saturated carbocycles. The van der Waals surface area contributed by atoms with Crippen LogP contribution < -0.4 is 10.6 Å². The standard InChI is InChI=1S/C30H32N2O2/c33-29(21-25-15-9-13-23-11-3-5-17-27(23)25)31-19-7-1-2-8-20-32-30(34)22-26-16-10-14-24-12-4-6-18-28(24)26/h3-6,9-18H,1-2,7-8,19-22H2,(H,31,33)(H,32,34). The van der Waals surface area contributed by atoms with Gasteiger partial charge in [0.2, 0.25) is 11.8 Å². The van der Waals surface area contributed by atoms with Gasteiger partial charge in [0.25, 0.3) is 0 Å². The Morgan fingerprint density at radius 2 is 0.912 bits per heavy atom. The van der Waals surface area contributed by atoms with Gasteiger partial charge in [-0.2, -0.15) is 0 Å². The van der Waals surface area contributed by atoms with Crippen molar-refractivity contribution in [3.63, 3.8) is 0 Å². The molecule has 0 saturated heterocycles. The van der Waals surface area contributed by atoms with Crippen LogP contribution in [0.25, 0.3) is 21.5 Å². The Bertz CT molecular complexity index is 1160. The molecular weight excluding hydrogens is 420 g/mol. The van der Waals surface area contributed by atoms with Crippen molar-refractivity contribution in [2.45, 2.75) is 38.5 Å². The van der Waals surface area contributed by atoms with Gasteiger partial charge >= 0.3 is 0 Å². The van der Waals surface area contributed by atoms with E-state index in [1.165, 1.54) is 0 Å². The number of fused-ring (bicyclic) bond motifs is 2. The molecule has 0 heterocycles. The van der Waals surface area contributed by atoms with Gasteiger partial charge in [-0.05, 0) is 45.5 Å². The summed E-state index contributed by atoms with van der Waals surface area (Å²) in [4.78, 5) is 24.7. The van der Waals surface area contributed by atoms with E-state index in [0.717, 1.165) is 58.4 Å². The lowest BCUT2D eigenvalue weighted by molar-refractivity contribution is -0.121. The molecule has 0 bridgehead atoms. The maximum Gasteiger partial charge on any atom is 0.224 e. The number of nitrogens with one attached hydrogen (secondary N) is 2. The van der Waals surface area contributed by atoms with Crippen molar-refractivity contribution in [1.82, 2.24) is 10.6 Å². The van der Waals surface area contributed by atoms with Crippen molar-refractivity contribution >= 4 is 33.4 Å². The minimum Gasteiger partial charge on any atom is -0.356 e. The number of hydrogen-bond donors (Lipinski definition) is 2. The van der Waals surface area contributed by atoms with Crippen LogP contribution in [-0.4, -0.2) is 24.9 Å². The van der Waals surface area contributed by atoms with E-state index in [1.54, 1.807) is 0 Å². The quantitative estimate of drug-likeness (QED) is 0.292. The van der Waals surface area contributed by atoms with Crippen molar-refractivity contribution in [2.75, 3.05) is 13.1 Å². The first-order valence-electron chi connectivity index (χ1n) is 12.2. The van der Waals surface area contributed by atoms with Gasteiger partial charge in [-0.1, -0.05) is 97.8 Å². The zero-order valence-corrected chi connectivity index (χ0v) is 19.6. The maximum atomic E-state index is 12.3. The molecule has 4 aromatic rings. The lowest BCUT2D eigenvalue weighted by Crippen LogP contribution is -2.27. The number of unbranched alkanes of at least 4 members (excludes halogenated alkanes) is 3. The predicted molar refractivity (Wildman–Crippen MR) is 140 cm³/mol. The number of carbonyl (C=O) groups is 2. The topological polar surface area (TPSA) is 58.2 Å². The molecule has 0 radical (unpaired) electrons. The zero-order valence-electron chi connectivity index (χ0n) is 19.6. The fraction of sp³-hybridized carbons (Fsp3) is 0.267. The van der Waals surface area contributed by atoms with Crippen molar-refractivity contribution in [3.05, 3.63) is 96.1 Å². The monoisotopic (exact) mass is 452 g/mol. The van der Waals surface area contributed by atoms with Crippen LogP contribution >= 0.6 is 0 Å². The van der Waals surface area contributed by atoms with Gasteiger partial charge < -0.3 is 10.6 Å². The Labute approximate surface area is 201 Å². The van der Waals surface area contributed by atoms with Gasteiger partial charge in [0.1, 0.15) is 0 Å². The Kier molecular flexibility index (Phi) is 8.28. The second-order valence-electron chi connectivity index (χ2n) is 8.74. The van der Waals surface area contributed by atoms with Gasteiger partial charge in [-0.3, -0.25) is 9.59 Å². The second-order valence-corrected chi connectivity index (χ2v) is 8.74. The molecule has 0 atom stereocenters. The summed E-state index contributed by atoms with van der Waals surface area (Å²) in [6.07, 6.45) is 4.78. The largest absolute Gasteiger partial charge is 0.356 e. The number of benzene rings is 4. The van der Waals surface area contributed by atoms with E-state index < -0.39 is 0 Å². The van der Waals surface area contributed by atoms with Crippen molar-refractivity contribution in [1.29, 1.82) is 0 Å². The molecule has 0 aliphatic carbocycles. The normalized spacial score (nSPS) is 10.9. The van der Waals surface area contributed by atoms with Gasteiger partial charge in [0.15, 0.2) is 0 Å². The van der Waals surface area contributed by atoms with E-state index in [1.807, 2.05) is 48.5 Å². The van der Waals surface area contributed by atoms with E-state index in [2.05, 4.69) is 47.0 Å². The third kappa shape index (κ3) is 6.44. The Balaban J connectivity index is 1.08. The third-order valence-corrected chi connectivity index (χ3v) is 6.21. The maximum absolute atomic E-state index is 12.3. The van der Waals surface area contributed by atoms with Crippen LogP contribution in [0.2, 0.25) is 0 Å². The third-order valence-electron chi connectivity index (χ3n) is 6.21. The first kappa shape index (κ1) is 23.5. The highest BCUT2D eigenvalue weighted by molar-refractivity contribution is 5.91. The Morgan fingerprint density at radius 3 is 1.38 bits per heavy atom. The average molecular weight is 453 g/mol. The van der Waals surface area contributed by atoms with Gasteiger partial charge in [-0.15, -0.1) is 0 Å². The van der Waals surface area contributed by atoms with E-state index in [4.69, 9.17) is 0 Å². The number of carbonyl (C=O) groups excluding carboxylic acids is 2. The average Bonchev–Trinajstić information content (AvgIpc) is 2.86. The van der Waals surface area contributed by atoms with Gasteiger partial charge in [0, 0.05) is 13.1 Å². The van der Waals surface area contributed by atoms with E-state index in [0.29, 0.717) is 25.9 Å². The fourth-order valence-electron chi connectivity index (χ4n) is 4.42. The molecule has 4 heteroatoms. The molecule has 4 nitrogen and oxygen atoms in total. The molecular formula is C30H32N2O2. The highest BCUT2D eigenvalue weighted by Crippen LogP contribution is 2.20. The molecule has 0 fully saturated rings. The van der Waals surface area contributed by atoms with Gasteiger partial charge in [0.05, 0.1) is 12.8 Å².